The third kappa shape index (κ3) is 3.65. The van der Waals surface area contributed by atoms with E-state index in [0.29, 0.717) is 11.7 Å². The number of hydrogen-bond donors (Lipinski definition) is 2. The summed E-state index contributed by atoms with van der Waals surface area (Å²) in [5.41, 5.74) is -0.408. The van der Waals surface area contributed by atoms with E-state index in [0.717, 1.165) is 26.1 Å². The fourth-order valence-electron chi connectivity index (χ4n) is 2.35. The van der Waals surface area contributed by atoms with Crippen LogP contribution in [-0.4, -0.2) is 29.5 Å². The molecule has 1 fully saturated rings. The number of aromatic nitrogens is 1. The lowest BCUT2D eigenvalue weighted by Gasteiger charge is -2.22. The summed E-state index contributed by atoms with van der Waals surface area (Å²) in [5.74, 6) is 1.17. The van der Waals surface area contributed by atoms with Crippen LogP contribution >= 0.6 is 0 Å². The molecule has 1 saturated heterocycles. The second kappa shape index (κ2) is 6.82. The second-order valence-electron chi connectivity index (χ2n) is 4.86. The van der Waals surface area contributed by atoms with Crippen LogP contribution in [0.1, 0.15) is 25.0 Å². The van der Waals surface area contributed by atoms with Crippen LogP contribution in [0.4, 0.5) is 11.5 Å². The fourth-order valence-corrected chi connectivity index (χ4v) is 2.35. The van der Waals surface area contributed by atoms with Gasteiger partial charge in [0.15, 0.2) is 0 Å². The summed E-state index contributed by atoms with van der Waals surface area (Å²) in [5, 5.41) is 26.0. The number of piperidine rings is 1. The molecule has 1 aliphatic rings. The molecule has 1 aliphatic heterocycles. The van der Waals surface area contributed by atoms with Crippen molar-refractivity contribution in [3.63, 3.8) is 0 Å². The Bertz CT molecular complexity index is 520. The number of nitro groups is 1. The van der Waals surface area contributed by atoms with Gasteiger partial charge >= 0.3 is 5.69 Å². The van der Waals surface area contributed by atoms with E-state index in [1.54, 1.807) is 6.07 Å². The van der Waals surface area contributed by atoms with E-state index in [-0.39, 0.29) is 11.4 Å². The first-order valence-corrected chi connectivity index (χ1v) is 6.71. The first kappa shape index (κ1) is 14.2. The molecule has 0 saturated carbocycles. The number of nitrogens with zero attached hydrogens (tertiary/aromatic N) is 3. The monoisotopic (exact) mass is 275 g/mol. The molecule has 1 unspecified atom stereocenters. The Morgan fingerprint density at radius 1 is 1.60 bits per heavy atom. The molecule has 2 heterocycles. The maximum atomic E-state index is 10.7. The highest BCUT2D eigenvalue weighted by Gasteiger charge is 2.16. The van der Waals surface area contributed by atoms with Crippen molar-refractivity contribution >= 4 is 11.5 Å². The van der Waals surface area contributed by atoms with Gasteiger partial charge in [-0.25, -0.2) is 4.98 Å². The Morgan fingerprint density at radius 2 is 2.45 bits per heavy atom. The van der Waals surface area contributed by atoms with Gasteiger partial charge in [0.2, 0.25) is 5.69 Å². The molecule has 0 bridgehead atoms. The molecule has 7 nitrogen and oxygen atoms in total. The zero-order chi connectivity index (χ0) is 14.4. The van der Waals surface area contributed by atoms with Crippen LogP contribution in [-0.2, 0) is 0 Å². The van der Waals surface area contributed by atoms with Crippen LogP contribution < -0.4 is 10.6 Å². The third-order valence-electron chi connectivity index (χ3n) is 3.43. The second-order valence-corrected chi connectivity index (χ2v) is 4.86. The van der Waals surface area contributed by atoms with E-state index in [1.807, 2.05) is 0 Å². The zero-order valence-corrected chi connectivity index (χ0v) is 11.1. The van der Waals surface area contributed by atoms with E-state index in [1.165, 1.54) is 25.0 Å². The van der Waals surface area contributed by atoms with Crippen molar-refractivity contribution in [2.24, 2.45) is 5.92 Å². The van der Waals surface area contributed by atoms with Crippen molar-refractivity contribution in [3.8, 4) is 6.07 Å². The number of nitriles is 1. The summed E-state index contributed by atoms with van der Waals surface area (Å²) >= 11 is 0. The number of anilines is 1. The Labute approximate surface area is 117 Å². The SMILES string of the molecule is N#Cc1nc(NCCC2CCCNC2)ccc1[N+](=O)[O-]. The Kier molecular flexibility index (Phi) is 4.85. The van der Waals surface area contributed by atoms with Crippen LogP contribution in [0.2, 0.25) is 0 Å². The molecule has 106 valence electrons. The maximum absolute atomic E-state index is 10.7. The normalized spacial score (nSPS) is 18.2. The highest BCUT2D eigenvalue weighted by molar-refractivity contribution is 5.50. The van der Waals surface area contributed by atoms with E-state index < -0.39 is 4.92 Å². The standard InChI is InChI=1S/C13H17N5O2/c14-8-11-12(18(19)20)3-4-13(17-11)16-7-5-10-2-1-6-15-9-10/h3-4,10,15H,1-2,5-7,9H2,(H,16,17). The summed E-state index contributed by atoms with van der Waals surface area (Å²) in [6.07, 6.45) is 3.46. The highest BCUT2D eigenvalue weighted by atomic mass is 16.6. The summed E-state index contributed by atoms with van der Waals surface area (Å²) in [6, 6.07) is 4.61. The van der Waals surface area contributed by atoms with Gasteiger partial charge in [-0.15, -0.1) is 0 Å². The minimum atomic E-state index is -0.594. The first-order valence-electron chi connectivity index (χ1n) is 6.71. The van der Waals surface area contributed by atoms with Gasteiger partial charge in [-0.1, -0.05) is 0 Å². The van der Waals surface area contributed by atoms with Crippen molar-refractivity contribution in [3.05, 3.63) is 27.9 Å². The topological polar surface area (TPSA) is 104 Å². The lowest BCUT2D eigenvalue weighted by molar-refractivity contribution is -0.385. The lowest BCUT2D eigenvalue weighted by Crippen LogP contribution is -2.30. The molecular weight excluding hydrogens is 258 g/mol. The van der Waals surface area contributed by atoms with Gasteiger partial charge < -0.3 is 10.6 Å². The van der Waals surface area contributed by atoms with Gasteiger partial charge in [0.1, 0.15) is 11.9 Å². The van der Waals surface area contributed by atoms with E-state index in [9.17, 15) is 10.1 Å². The number of hydrogen-bond acceptors (Lipinski definition) is 6. The molecule has 0 aromatic carbocycles. The van der Waals surface area contributed by atoms with Gasteiger partial charge in [0, 0.05) is 12.6 Å². The van der Waals surface area contributed by atoms with Crippen molar-refractivity contribution in [1.82, 2.24) is 10.3 Å². The van der Waals surface area contributed by atoms with Crippen molar-refractivity contribution in [2.75, 3.05) is 25.0 Å². The number of nitrogens with one attached hydrogen (secondary N) is 2. The van der Waals surface area contributed by atoms with Gasteiger partial charge in [0.25, 0.3) is 0 Å². The summed E-state index contributed by atoms with van der Waals surface area (Å²) in [6.45, 7) is 2.89. The molecule has 1 aromatic heterocycles. The predicted molar refractivity (Wildman–Crippen MR) is 74.3 cm³/mol. The van der Waals surface area contributed by atoms with E-state index in [2.05, 4.69) is 15.6 Å². The minimum absolute atomic E-state index is 0.153. The average Bonchev–Trinajstić information content (AvgIpc) is 2.48. The third-order valence-corrected chi connectivity index (χ3v) is 3.43. The van der Waals surface area contributed by atoms with Gasteiger partial charge in [-0.05, 0) is 44.3 Å². The van der Waals surface area contributed by atoms with Crippen molar-refractivity contribution in [1.29, 1.82) is 5.26 Å². The van der Waals surface area contributed by atoms with Crippen LogP contribution in [0.25, 0.3) is 0 Å². The lowest BCUT2D eigenvalue weighted by atomic mass is 9.96. The van der Waals surface area contributed by atoms with E-state index >= 15 is 0 Å². The molecule has 20 heavy (non-hydrogen) atoms. The smallest absolute Gasteiger partial charge is 0.305 e. The quantitative estimate of drug-likeness (QED) is 0.625. The Balaban J connectivity index is 1.90. The van der Waals surface area contributed by atoms with E-state index in [4.69, 9.17) is 5.26 Å². The average molecular weight is 275 g/mol. The van der Waals surface area contributed by atoms with Crippen LogP contribution in [0.5, 0.6) is 0 Å². The minimum Gasteiger partial charge on any atom is -0.370 e. The maximum Gasteiger partial charge on any atom is 0.305 e. The van der Waals surface area contributed by atoms with Crippen LogP contribution in [0.15, 0.2) is 12.1 Å². The predicted octanol–water partition coefficient (Wildman–Crippen LogP) is 1.66. The molecule has 0 radical (unpaired) electrons. The molecule has 7 heteroatoms. The van der Waals surface area contributed by atoms with Crippen LogP contribution in [0, 0.1) is 27.4 Å². The number of rotatable bonds is 5. The Morgan fingerprint density at radius 3 is 3.10 bits per heavy atom. The first-order chi connectivity index (χ1) is 9.70. The molecule has 1 atom stereocenters. The zero-order valence-electron chi connectivity index (χ0n) is 11.1. The molecule has 0 spiro atoms. The molecule has 0 amide bonds. The number of pyridine rings is 1. The molecule has 2 N–H and O–H groups in total. The van der Waals surface area contributed by atoms with Gasteiger partial charge in [-0.3, -0.25) is 10.1 Å². The highest BCUT2D eigenvalue weighted by Crippen LogP contribution is 2.19. The largest absolute Gasteiger partial charge is 0.370 e. The molecule has 2 rings (SSSR count). The van der Waals surface area contributed by atoms with Gasteiger partial charge in [-0.2, -0.15) is 5.26 Å². The van der Waals surface area contributed by atoms with Crippen LogP contribution in [0.3, 0.4) is 0 Å². The summed E-state index contributed by atoms with van der Waals surface area (Å²) in [4.78, 5) is 14.1. The summed E-state index contributed by atoms with van der Waals surface area (Å²) in [7, 11) is 0. The van der Waals surface area contributed by atoms with Gasteiger partial charge in [0.05, 0.1) is 4.92 Å². The fraction of sp³-hybridized carbons (Fsp3) is 0.538. The summed E-state index contributed by atoms with van der Waals surface area (Å²) < 4.78 is 0. The Hall–Kier alpha value is -2.20. The van der Waals surface area contributed by atoms with Crippen molar-refractivity contribution in [2.45, 2.75) is 19.3 Å². The molecule has 1 aromatic rings. The van der Waals surface area contributed by atoms with Crippen molar-refractivity contribution < 1.29 is 4.92 Å². The molecular formula is C13H17N5O2. The molecule has 0 aliphatic carbocycles.